The SMILES string of the molecule is CCN(C(=O)C1CC1c1ccccc1Cl)c1ccc(F)c(F)c1. The Morgan fingerprint density at radius 2 is 1.96 bits per heavy atom. The Morgan fingerprint density at radius 3 is 2.61 bits per heavy atom. The quantitative estimate of drug-likeness (QED) is 0.787. The van der Waals surface area contributed by atoms with Gasteiger partial charge in [-0.2, -0.15) is 0 Å². The van der Waals surface area contributed by atoms with Gasteiger partial charge in [0.05, 0.1) is 0 Å². The van der Waals surface area contributed by atoms with Gasteiger partial charge in [0.15, 0.2) is 11.6 Å². The van der Waals surface area contributed by atoms with E-state index in [0.29, 0.717) is 17.3 Å². The number of nitrogens with zero attached hydrogens (tertiary/aromatic N) is 1. The lowest BCUT2D eigenvalue weighted by Gasteiger charge is -2.21. The summed E-state index contributed by atoms with van der Waals surface area (Å²) in [7, 11) is 0. The van der Waals surface area contributed by atoms with Crippen molar-refractivity contribution in [2.75, 3.05) is 11.4 Å². The van der Waals surface area contributed by atoms with Gasteiger partial charge < -0.3 is 4.90 Å². The van der Waals surface area contributed by atoms with Gasteiger partial charge in [0.25, 0.3) is 0 Å². The van der Waals surface area contributed by atoms with Gasteiger partial charge in [-0.1, -0.05) is 29.8 Å². The molecule has 1 fully saturated rings. The molecule has 5 heteroatoms. The zero-order valence-corrected chi connectivity index (χ0v) is 13.4. The van der Waals surface area contributed by atoms with Crippen LogP contribution < -0.4 is 4.90 Å². The maximum atomic E-state index is 13.4. The molecule has 23 heavy (non-hydrogen) atoms. The third-order valence-corrected chi connectivity index (χ3v) is 4.55. The molecule has 1 aliphatic carbocycles. The molecule has 0 N–H and O–H groups in total. The second kappa shape index (κ2) is 6.28. The second-order valence-corrected chi connectivity index (χ2v) is 6.06. The van der Waals surface area contributed by atoms with E-state index in [1.54, 1.807) is 0 Å². The van der Waals surface area contributed by atoms with Crippen LogP contribution in [0.15, 0.2) is 42.5 Å². The number of carbonyl (C=O) groups is 1. The topological polar surface area (TPSA) is 20.3 Å². The zero-order chi connectivity index (χ0) is 16.6. The van der Waals surface area contributed by atoms with Crippen molar-refractivity contribution in [1.29, 1.82) is 0 Å². The highest BCUT2D eigenvalue weighted by molar-refractivity contribution is 6.31. The maximum absolute atomic E-state index is 13.4. The highest BCUT2D eigenvalue weighted by Gasteiger charge is 2.46. The maximum Gasteiger partial charge on any atom is 0.230 e. The Morgan fingerprint density at radius 1 is 1.22 bits per heavy atom. The van der Waals surface area contributed by atoms with Crippen molar-refractivity contribution in [3.05, 3.63) is 64.7 Å². The van der Waals surface area contributed by atoms with E-state index in [0.717, 1.165) is 24.1 Å². The minimum atomic E-state index is -0.952. The molecule has 0 radical (unpaired) electrons. The van der Waals surface area contributed by atoms with Gasteiger partial charge in [0, 0.05) is 29.2 Å². The van der Waals surface area contributed by atoms with Gasteiger partial charge in [-0.05, 0) is 43.0 Å². The molecule has 0 aliphatic heterocycles. The summed E-state index contributed by atoms with van der Waals surface area (Å²) in [5, 5.41) is 0.656. The van der Waals surface area contributed by atoms with Crippen LogP contribution in [0.2, 0.25) is 5.02 Å². The lowest BCUT2D eigenvalue weighted by Crippen LogP contribution is -2.32. The molecular weight excluding hydrogens is 320 g/mol. The van der Waals surface area contributed by atoms with Crippen molar-refractivity contribution in [3.8, 4) is 0 Å². The van der Waals surface area contributed by atoms with Crippen molar-refractivity contribution in [3.63, 3.8) is 0 Å². The minimum Gasteiger partial charge on any atom is -0.312 e. The Bertz CT molecular complexity index is 750. The van der Waals surface area contributed by atoms with Gasteiger partial charge >= 0.3 is 0 Å². The van der Waals surface area contributed by atoms with Crippen LogP contribution in [0.1, 0.15) is 24.8 Å². The zero-order valence-electron chi connectivity index (χ0n) is 12.6. The first-order chi connectivity index (χ1) is 11.0. The Kier molecular flexibility index (Phi) is 4.35. The number of benzene rings is 2. The van der Waals surface area contributed by atoms with Crippen molar-refractivity contribution >= 4 is 23.2 Å². The summed E-state index contributed by atoms with van der Waals surface area (Å²) >= 11 is 6.18. The molecule has 2 nitrogen and oxygen atoms in total. The van der Waals surface area contributed by atoms with E-state index in [1.807, 2.05) is 31.2 Å². The van der Waals surface area contributed by atoms with Crippen molar-refractivity contribution in [1.82, 2.24) is 0 Å². The van der Waals surface area contributed by atoms with Crippen LogP contribution in [-0.4, -0.2) is 12.5 Å². The summed E-state index contributed by atoms with van der Waals surface area (Å²) in [5.74, 6) is -2.02. The van der Waals surface area contributed by atoms with Gasteiger partial charge in [-0.15, -0.1) is 0 Å². The summed E-state index contributed by atoms with van der Waals surface area (Å²) in [6, 6.07) is 11.0. The first-order valence-corrected chi connectivity index (χ1v) is 7.91. The Labute approximate surface area is 138 Å². The molecule has 1 amide bonds. The third-order valence-electron chi connectivity index (χ3n) is 4.21. The monoisotopic (exact) mass is 335 g/mol. The second-order valence-electron chi connectivity index (χ2n) is 5.65. The van der Waals surface area contributed by atoms with Gasteiger partial charge in [-0.3, -0.25) is 4.79 Å². The predicted octanol–water partition coefficient (Wildman–Crippen LogP) is 4.77. The molecule has 0 spiro atoms. The van der Waals surface area contributed by atoms with Crippen molar-refractivity contribution in [2.24, 2.45) is 5.92 Å². The van der Waals surface area contributed by atoms with Crippen LogP contribution in [-0.2, 0) is 4.79 Å². The van der Waals surface area contributed by atoms with Gasteiger partial charge in [0.2, 0.25) is 5.91 Å². The van der Waals surface area contributed by atoms with Gasteiger partial charge in [-0.25, -0.2) is 8.78 Å². The fraction of sp³-hybridized carbons (Fsp3) is 0.278. The average molecular weight is 336 g/mol. The molecule has 0 aromatic heterocycles. The van der Waals surface area contributed by atoms with E-state index in [1.165, 1.54) is 11.0 Å². The summed E-state index contributed by atoms with van der Waals surface area (Å²) in [5.41, 5.74) is 1.34. The smallest absolute Gasteiger partial charge is 0.230 e. The van der Waals surface area contributed by atoms with Crippen LogP contribution >= 0.6 is 11.6 Å². The number of amides is 1. The molecule has 2 aromatic carbocycles. The number of hydrogen-bond donors (Lipinski definition) is 0. The average Bonchev–Trinajstić information content (AvgIpc) is 3.32. The summed E-state index contributed by atoms with van der Waals surface area (Å²) in [6.07, 6.45) is 0.725. The lowest BCUT2D eigenvalue weighted by atomic mass is 10.1. The fourth-order valence-electron chi connectivity index (χ4n) is 2.91. The molecule has 2 aromatic rings. The van der Waals surface area contributed by atoms with E-state index in [9.17, 15) is 13.6 Å². The van der Waals surface area contributed by atoms with E-state index < -0.39 is 11.6 Å². The van der Waals surface area contributed by atoms with Crippen LogP contribution in [0.3, 0.4) is 0 Å². The number of rotatable bonds is 4. The third kappa shape index (κ3) is 3.08. The number of hydrogen-bond acceptors (Lipinski definition) is 1. The molecule has 0 saturated heterocycles. The van der Waals surface area contributed by atoms with Crippen LogP contribution in [0.4, 0.5) is 14.5 Å². The fourth-order valence-corrected chi connectivity index (χ4v) is 3.18. The summed E-state index contributed by atoms with van der Waals surface area (Å²) in [4.78, 5) is 14.2. The van der Waals surface area contributed by atoms with E-state index in [4.69, 9.17) is 11.6 Å². The van der Waals surface area contributed by atoms with Crippen LogP contribution in [0, 0.1) is 17.6 Å². The number of carbonyl (C=O) groups excluding carboxylic acids is 1. The minimum absolute atomic E-state index is 0.0802. The van der Waals surface area contributed by atoms with Crippen LogP contribution in [0.25, 0.3) is 0 Å². The molecule has 120 valence electrons. The van der Waals surface area contributed by atoms with E-state index in [-0.39, 0.29) is 17.7 Å². The number of anilines is 1. The molecular formula is C18H16ClF2NO. The lowest BCUT2D eigenvalue weighted by molar-refractivity contribution is -0.119. The molecule has 1 aliphatic rings. The van der Waals surface area contributed by atoms with E-state index in [2.05, 4.69) is 0 Å². The van der Waals surface area contributed by atoms with Crippen molar-refractivity contribution in [2.45, 2.75) is 19.3 Å². The first-order valence-electron chi connectivity index (χ1n) is 7.53. The standard InChI is InChI=1S/C18H16ClF2NO/c1-2-22(11-7-8-16(20)17(21)9-11)18(23)14-10-13(14)12-5-3-4-6-15(12)19/h3-9,13-14H,2,10H2,1H3. The molecule has 2 unspecified atom stereocenters. The van der Waals surface area contributed by atoms with Crippen molar-refractivity contribution < 1.29 is 13.6 Å². The Hall–Kier alpha value is -1.94. The van der Waals surface area contributed by atoms with Crippen LogP contribution in [0.5, 0.6) is 0 Å². The predicted molar refractivity (Wildman–Crippen MR) is 86.7 cm³/mol. The molecule has 0 bridgehead atoms. The summed E-state index contributed by atoms with van der Waals surface area (Å²) in [6.45, 7) is 2.21. The number of halogens is 3. The van der Waals surface area contributed by atoms with Gasteiger partial charge in [0.1, 0.15) is 0 Å². The molecule has 1 saturated carbocycles. The normalized spacial score (nSPS) is 19.5. The molecule has 2 atom stereocenters. The van der Waals surface area contributed by atoms with E-state index >= 15 is 0 Å². The largest absolute Gasteiger partial charge is 0.312 e. The Balaban J connectivity index is 1.79. The highest BCUT2D eigenvalue weighted by atomic mass is 35.5. The first kappa shape index (κ1) is 15.9. The molecule has 3 rings (SSSR count). The summed E-state index contributed by atoms with van der Waals surface area (Å²) < 4.78 is 26.5. The molecule has 0 heterocycles. The highest BCUT2D eigenvalue weighted by Crippen LogP contribution is 2.50.